The minimum absolute atomic E-state index is 0.0233. The topological polar surface area (TPSA) is 38.8 Å². The van der Waals surface area contributed by atoms with Crippen molar-refractivity contribution in [3.8, 4) is 0 Å². The second kappa shape index (κ2) is 4.57. The van der Waals surface area contributed by atoms with Crippen LogP contribution in [0.1, 0.15) is 32.4 Å². The lowest BCUT2D eigenvalue weighted by Crippen LogP contribution is -2.46. The number of amides is 1. The first kappa shape index (κ1) is 13.6. The third-order valence-electron chi connectivity index (χ3n) is 4.63. The summed E-state index contributed by atoms with van der Waals surface area (Å²) in [5.74, 6) is -0.691. The molecular formula is C16H21NO3. The molecule has 2 fully saturated rings. The number of carbonyl (C=O) groups excluding carboxylic acids is 1. The first-order chi connectivity index (χ1) is 9.48. The summed E-state index contributed by atoms with van der Waals surface area (Å²) in [6, 6.07) is 10.1. The van der Waals surface area contributed by atoms with Crippen molar-refractivity contribution < 1.29 is 14.3 Å². The molecule has 0 aliphatic carbocycles. The van der Waals surface area contributed by atoms with Gasteiger partial charge in [0, 0.05) is 0 Å². The van der Waals surface area contributed by atoms with Crippen molar-refractivity contribution in [1.29, 1.82) is 0 Å². The molecule has 0 aromatic heterocycles. The Bertz CT molecular complexity index is 506. The minimum Gasteiger partial charge on any atom is -0.345 e. The van der Waals surface area contributed by atoms with Crippen molar-refractivity contribution in [2.24, 2.45) is 5.41 Å². The fourth-order valence-electron chi connectivity index (χ4n) is 3.15. The van der Waals surface area contributed by atoms with E-state index in [2.05, 4.69) is 6.92 Å². The smallest absolute Gasteiger partial charge is 0.234 e. The average molecular weight is 275 g/mol. The predicted octanol–water partition coefficient (Wildman–Crippen LogP) is 2.36. The molecule has 2 aliphatic heterocycles. The maximum absolute atomic E-state index is 12.8. The summed E-state index contributed by atoms with van der Waals surface area (Å²) < 4.78 is 11.6. The lowest BCUT2D eigenvalue weighted by atomic mass is 9.85. The Morgan fingerprint density at radius 2 is 1.75 bits per heavy atom. The normalized spacial score (nSPS) is 25.4. The summed E-state index contributed by atoms with van der Waals surface area (Å²) in [4.78, 5) is 14.6. The number of carbonyl (C=O) groups is 1. The van der Waals surface area contributed by atoms with Gasteiger partial charge in [-0.25, -0.2) is 0 Å². The largest absolute Gasteiger partial charge is 0.345 e. The Hall–Kier alpha value is -1.39. The Morgan fingerprint density at radius 1 is 1.15 bits per heavy atom. The molecule has 4 nitrogen and oxygen atoms in total. The summed E-state index contributed by atoms with van der Waals surface area (Å²) in [7, 11) is 0. The number of likely N-dealkylation sites (tertiary alicyclic amines) is 1. The molecule has 1 atom stereocenters. The van der Waals surface area contributed by atoms with Crippen LogP contribution in [0.4, 0.5) is 0 Å². The monoisotopic (exact) mass is 275 g/mol. The molecule has 0 unspecified atom stereocenters. The van der Waals surface area contributed by atoms with Crippen molar-refractivity contribution in [2.45, 2.75) is 32.6 Å². The Kier molecular flexibility index (Phi) is 3.10. The first-order valence-electron chi connectivity index (χ1n) is 7.12. The van der Waals surface area contributed by atoms with E-state index in [9.17, 15) is 4.79 Å². The van der Waals surface area contributed by atoms with Gasteiger partial charge in [0.2, 0.25) is 5.91 Å². The van der Waals surface area contributed by atoms with E-state index in [1.165, 1.54) is 0 Å². The van der Waals surface area contributed by atoms with E-state index in [4.69, 9.17) is 9.47 Å². The van der Waals surface area contributed by atoms with E-state index in [1.54, 1.807) is 0 Å². The minimum atomic E-state index is -0.785. The fourth-order valence-corrected chi connectivity index (χ4v) is 3.15. The highest BCUT2D eigenvalue weighted by molar-refractivity contribution is 5.86. The maximum atomic E-state index is 12.8. The molecular weight excluding hydrogens is 254 g/mol. The van der Waals surface area contributed by atoms with Crippen molar-refractivity contribution in [3.05, 3.63) is 35.9 Å². The van der Waals surface area contributed by atoms with Crippen molar-refractivity contribution in [2.75, 3.05) is 19.8 Å². The zero-order valence-electron chi connectivity index (χ0n) is 12.3. The van der Waals surface area contributed by atoms with Crippen LogP contribution < -0.4 is 0 Å². The van der Waals surface area contributed by atoms with Gasteiger partial charge in [-0.3, -0.25) is 4.79 Å². The van der Waals surface area contributed by atoms with E-state index in [0.29, 0.717) is 19.8 Å². The Morgan fingerprint density at radius 3 is 2.35 bits per heavy atom. The summed E-state index contributed by atoms with van der Waals surface area (Å²) in [6.07, 6.45) is 0. The van der Waals surface area contributed by atoms with Crippen LogP contribution in [0.25, 0.3) is 0 Å². The zero-order chi connectivity index (χ0) is 14.4. The van der Waals surface area contributed by atoms with Crippen molar-refractivity contribution in [1.82, 2.24) is 4.90 Å². The second-order valence-electron chi connectivity index (χ2n) is 6.09. The van der Waals surface area contributed by atoms with Crippen LogP contribution in [0.15, 0.2) is 30.3 Å². The first-order valence-corrected chi connectivity index (χ1v) is 7.12. The van der Waals surface area contributed by atoms with Crippen LogP contribution in [0, 0.1) is 5.41 Å². The molecule has 0 N–H and O–H groups in total. The van der Waals surface area contributed by atoms with Crippen molar-refractivity contribution >= 4 is 5.91 Å². The van der Waals surface area contributed by atoms with E-state index in [-0.39, 0.29) is 11.9 Å². The third kappa shape index (κ3) is 1.79. The third-order valence-corrected chi connectivity index (χ3v) is 4.63. The molecule has 2 saturated heterocycles. The van der Waals surface area contributed by atoms with Gasteiger partial charge >= 0.3 is 0 Å². The van der Waals surface area contributed by atoms with Gasteiger partial charge < -0.3 is 14.4 Å². The Balaban J connectivity index is 1.91. The standard InChI is InChI=1S/C16H21NO3/c1-12(13-7-5-4-6-8-13)17-11-16(19-9-10-20-16)15(2,3)14(17)18/h4-8,12H,9-11H2,1-3H3/t12-/m1/s1. The zero-order valence-corrected chi connectivity index (χ0v) is 12.3. The second-order valence-corrected chi connectivity index (χ2v) is 6.09. The van der Waals surface area contributed by atoms with Crippen LogP contribution in [-0.2, 0) is 14.3 Å². The quantitative estimate of drug-likeness (QED) is 0.831. The van der Waals surface area contributed by atoms with E-state index in [0.717, 1.165) is 5.56 Å². The van der Waals surface area contributed by atoms with Crippen LogP contribution in [0.2, 0.25) is 0 Å². The number of nitrogens with zero attached hydrogens (tertiary/aromatic N) is 1. The molecule has 1 aromatic carbocycles. The van der Waals surface area contributed by atoms with Crippen LogP contribution in [0.3, 0.4) is 0 Å². The summed E-state index contributed by atoms with van der Waals surface area (Å²) in [5, 5.41) is 0. The number of ether oxygens (including phenoxy) is 2. The highest BCUT2D eigenvalue weighted by atomic mass is 16.7. The number of rotatable bonds is 2. The van der Waals surface area contributed by atoms with Crippen LogP contribution in [-0.4, -0.2) is 36.4 Å². The maximum Gasteiger partial charge on any atom is 0.234 e. The summed E-state index contributed by atoms with van der Waals surface area (Å²) >= 11 is 0. The molecule has 108 valence electrons. The summed E-state index contributed by atoms with van der Waals surface area (Å²) in [5.41, 5.74) is 0.485. The van der Waals surface area contributed by atoms with E-state index >= 15 is 0 Å². The molecule has 2 aliphatic rings. The Labute approximate surface area is 119 Å². The van der Waals surface area contributed by atoms with Crippen LogP contribution in [0.5, 0.6) is 0 Å². The van der Waals surface area contributed by atoms with Gasteiger partial charge in [0.15, 0.2) is 5.79 Å². The van der Waals surface area contributed by atoms with Crippen LogP contribution >= 0.6 is 0 Å². The van der Waals surface area contributed by atoms with Crippen molar-refractivity contribution in [3.63, 3.8) is 0 Å². The lowest BCUT2D eigenvalue weighted by Gasteiger charge is -2.32. The molecule has 0 bridgehead atoms. The van der Waals surface area contributed by atoms with Gasteiger partial charge in [-0.15, -0.1) is 0 Å². The van der Waals surface area contributed by atoms with Gasteiger partial charge in [0.1, 0.15) is 0 Å². The fraction of sp³-hybridized carbons (Fsp3) is 0.562. The molecule has 0 saturated carbocycles. The molecule has 1 spiro atoms. The molecule has 3 rings (SSSR count). The molecule has 4 heteroatoms. The SMILES string of the molecule is C[C@H](c1ccccc1)N1CC2(OCCO2)C(C)(C)C1=O. The van der Waals surface area contributed by atoms with E-state index in [1.807, 2.05) is 49.1 Å². The number of hydrogen-bond acceptors (Lipinski definition) is 3. The predicted molar refractivity (Wildman–Crippen MR) is 75.0 cm³/mol. The number of hydrogen-bond donors (Lipinski definition) is 0. The van der Waals surface area contributed by atoms with Gasteiger partial charge in [-0.1, -0.05) is 30.3 Å². The highest BCUT2D eigenvalue weighted by Crippen LogP contribution is 2.47. The molecule has 2 heterocycles. The molecule has 1 amide bonds. The lowest BCUT2D eigenvalue weighted by molar-refractivity contribution is -0.202. The molecule has 20 heavy (non-hydrogen) atoms. The average Bonchev–Trinajstić information content (AvgIpc) is 3.00. The van der Waals surface area contributed by atoms with E-state index < -0.39 is 11.2 Å². The molecule has 1 aromatic rings. The van der Waals surface area contributed by atoms with Gasteiger partial charge in [0.25, 0.3) is 0 Å². The number of benzene rings is 1. The van der Waals surface area contributed by atoms with Gasteiger partial charge in [-0.05, 0) is 26.3 Å². The summed E-state index contributed by atoms with van der Waals surface area (Å²) in [6.45, 7) is 7.50. The molecule has 0 radical (unpaired) electrons. The van der Waals surface area contributed by atoms with Gasteiger partial charge in [0.05, 0.1) is 31.2 Å². The van der Waals surface area contributed by atoms with Gasteiger partial charge in [-0.2, -0.15) is 0 Å². The highest BCUT2D eigenvalue weighted by Gasteiger charge is 2.63.